The minimum atomic E-state index is 0.678. The molecule has 0 aliphatic rings. The lowest BCUT2D eigenvalue weighted by atomic mass is 10.5. The predicted octanol–water partition coefficient (Wildman–Crippen LogP) is 0.307. The van der Waals surface area contributed by atoms with Gasteiger partial charge in [0.2, 0.25) is 11.9 Å². The number of hydrogen-bond acceptors (Lipinski definition) is 4. The van der Waals surface area contributed by atoms with Gasteiger partial charge in [0, 0.05) is 56.4 Å². The Kier molecular flexibility index (Phi) is 8.03. The first-order valence-corrected chi connectivity index (χ1v) is 6.59. The highest BCUT2D eigenvalue weighted by Crippen LogP contribution is 1.92. The normalized spacial score (nSPS) is 11.2. The van der Waals surface area contributed by atoms with Crippen molar-refractivity contribution >= 4 is 23.8 Å². The van der Waals surface area contributed by atoms with Gasteiger partial charge in [-0.2, -0.15) is 10.2 Å². The Hall–Kier alpha value is -2.12. The maximum atomic E-state index is 4.19. The van der Waals surface area contributed by atoms with E-state index in [4.69, 9.17) is 0 Å². The van der Waals surface area contributed by atoms with Crippen molar-refractivity contribution in [2.45, 2.75) is 6.92 Å². The molecule has 8 nitrogen and oxygen atoms in total. The molecule has 0 fully saturated rings. The van der Waals surface area contributed by atoms with Crippen LogP contribution in [0.15, 0.2) is 20.4 Å². The zero-order chi connectivity index (χ0) is 16.6. The van der Waals surface area contributed by atoms with Gasteiger partial charge in [0.15, 0.2) is 0 Å². The number of hydrogen-bond donors (Lipinski definition) is 0. The van der Waals surface area contributed by atoms with E-state index < -0.39 is 0 Å². The van der Waals surface area contributed by atoms with E-state index in [9.17, 15) is 0 Å². The summed E-state index contributed by atoms with van der Waals surface area (Å²) in [6.45, 7) is 1.83. The van der Waals surface area contributed by atoms with Gasteiger partial charge in [-0.05, 0) is 6.92 Å². The van der Waals surface area contributed by atoms with E-state index in [1.807, 2.05) is 82.9 Å². The molecule has 0 rings (SSSR count). The van der Waals surface area contributed by atoms with E-state index in [1.54, 1.807) is 6.21 Å². The molecule has 21 heavy (non-hydrogen) atoms. The molecule has 0 radical (unpaired) electrons. The standard InChI is InChI=1S/C13H28N8/c1-11(15-17-13(20(6)7)21(8)9)10-14-16-12(18(2)3)19(4)5/h10H,1-9H3/b14-10+,15-11-. The molecule has 0 aliphatic heterocycles. The van der Waals surface area contributed by atoms with Crippen molar-refractivity contribution in [3.05, 3.63) is 0 Å². The van der Waals surface area contributed by atoms with Gasteiger partial charge in [-0.25, -0.2) is 0 Å². The Labute approximate surface area is 128 Å². The first kappa shape index (κ1) is 18.9. The summed E-state index contributed by atoms with van der Waals surface area (Å²) < 4.78 is 0. The highest BCUT2D eigenvalue weighted by molar-refractivity contribution is 6.29. The van der Waals surface area contributed by atoms with E-state index >= 15 is 0 Å². The van der Waals surface area contributed by atoms with E-state index in [2.05, 4.69) is 20.4 Å². The maximum absolute atomic E-state index is 4.19. The molecule has 0 N–H and O–H groups in total. The molecule has 8 heteroatoms. The van der Waals surface area contributed by atoms with Gasteiger partial charge in [0.25, 0.3) is 0 Å². The quantitative estimate of drug-likeness (QED) is 0.427. The first-order chi connectivity index (χ1) is 9.66. The maximum Gasteiger partial charge on any atom is 0.220 e. The summed E-state index contributed by atoms with van der Waals surface area (Å²) in [6.07, 6.45) is 1.58. The fraction of sp³-hybridized carbons (Fsp3) is 0.692. The molecule has 0 atom stereocenters. The van der Waals surface area contributed by atoms with Crippen molar-refractivity contribution in [1.29, 1.82) is 0 Å². The second-order valence-corrected chi connectivity index (χ2v) is 5.36. The van der Waals surface area contributed by atoms with Crippen LogP contribution in [0.1, 0.15) is 6.92 Å². The van der Waals surface area contributed by atoms with Crippen molar-refractivity contribution in [2.75, 3.05) is 56.4 Å². The molecular weight excluding hydrogens is 268 g/mol. The van der Waals surface area contributed by atoms with Crippen LogP contribution < -0.4 is 0 Å². The number of guanidine groups is 2. The average molecular weight is 296 g/mol. The fourth-order valence-electron chi connectivity index (χ4n) is 1.47. The lowest BCUT2D eigenvalue weighted by Gasteiger charge is -2.21. The highest BCUT2D eigenvalue weighted by atomic mass is 15.4. The summed E-state index contributed by atoms with van der Waals surface area (Å²) in [5, 5.41) is 16.5. The molecule has 0 saturated heterocycles. The third kappa shape index (κ3) is 7.28. The SMILES string of the molecule is CC(/C=N/N=C(N(C)C)N(C)C)=N/N=C(N(C)C)N(C)C. The van der Waals surface area contributed by atoms with E-state index in [1.165, 1.54) is 0 Å². The van der Waals surface area contributed by atoms with Gasteiger partial charge < -0.3 is 19.6 Å². The summed E-state index contributed by atoms with van der Waals surface area (Å²) in [4.78, 5) is 7.56. The van der Waals surface area contributed by atoms with Crippen LogP contribution in [0.5, 0.6) is 0 Å². The third-order valence-corrected chi connectivity index (χ3v) is 2.29. The molecule has 0 amide bonds. The Balaban J connectivity index is 5.00. The third-order valence-electron chi connectivity index (χ3n) is 2.29. The molecule has 0 heterocycles. The molecule has 0 unspecified atom stereocenters. The van der Waals surface area contributed by atoms with Crippen molar-refractivity contribution in [2.24, 2.45) is 20.4 Å². The van der Waals surface area contributed by atoms with Gasteiger partial charge >= 0.3 is 0 Å². The van der Waals surface area contributed by atoms with Gasteiger partial charge in [-0.3, -0.25) is 0 Å². The smallest absolute Gasteiger partial charge is 0.220 e. The summed E-state index contributed by atoms with van der Waals surface area (Å²) in [5.74, 6) is 1.51. The zero-order valence-electron chi connectivity index (χ0n) is 14.7. The Morgan fingerprint density at radius 1 is 0.619 bits per heavy atom. The largest absolute Gasteiger partial charge is 0.347 e. The van der Waals surface area contributed by atoms with E-state index in [0.717, 1.165) is 11.9 Å². The first-order valence-electron chi connectivity index (χ1n) is 6.59. The van der Waals surface area contributed by atoms with Crippen LogP contribution in [-0.4, -0.2) is 99.8 Å². The Morgan fingerprint density at radius 2 is 1.00 bits per heavy atom. The predicted molar refractivity (Wildman–Crippen MR) is 91.2 cm³/mol. The van der Waals surface area contributed by atoms with Gasteiger partial charge in [0.05, 0.1) is 11.9 Å². The van der Waals surface area contributed by atoms with Crippen LogP contribution in [-0.2, 0) is 0 Å². The average Bonchev–Trinajstić information content (AvgIpc) is 2.32. The topological polar surface area (TPSA) is 62.4 Å². The fourth-order valence-corrected chi connectivity index (χ4v) is 1.47. The van der Waals surface area contributed by atoms with Crippen molar-refractivity contribution in [3.63, 3.8) is 0 Å². The molecular formula is C13H28N8. The van der Waals surface area contributed by atoms with Gasteiger partial charge in [-0.15, -0.1) is 10.2 Å². The van der Waals surface area contributed by atoms with Crippen molar-refractivity contribution < 1.29 is 0 Å². The molecule has 0 spiro atoms. The van der Waals surface area contributed by atoms with Crippen LogP contribution in [0.2, 0.25) is 0 Å². The second-order valence-electron chi connectivity index (χ2n) is 5.36. The molecule has 0 bridgehead atoms. The van der Waals surface area contributed by atoms with E-state index in [0.29, 0.717) is 5.71 Å². The molecule has 0 saturated carbocycles. The summed E-state index contributed by atoms with van der Waals surface area (Å²) in [6, 6.07) is 0. The van der Waals surface area contributed by atoms with Gasteiger partial charge in [-0.1, -0.05) is 0 Å². The van der Waals surface area contributed by atoms with E-state index in [-0.39, 0.29) is 0 Å². The second kappa shape index (κ2) is 8.93. The molecule has 0 aromatic rings. The minimum absolute atomic E-state index is 0.678. The Bertz CT molecular complexity index is 409. The summed E-state index contributed by atoms with van der Waals surface area (Å²) in [5.41, 5.74) is 0.678. The minimum Gasteiger partial charge on any atom is -0.347 e. The monoisotopic (exact) mass is 296 g/mol. The molecule has 0 aromatic heterocycles. The highest BCUT2D eigenvalue weighted by Gasteiger charge is 2.04. The van der Waals surface area contributed by atoms with Crippen LogP contribution in [0.3, 0.4) is 0 Å². The van der Waals surface area contributed by atoms with Crippen molar-refractivity contribution in [1.82, 2.24) is 19.6 Å². The summed E-state index contributed by atoms with van der Waals surface area (Å²) in [7, 11) is 15.3. The van der Waals surface area contributed by atoms with Crippen LogP contribution in [0, 0.1) is 0 Å². The lowest BCUT2D eigenvalue weighted by Crippen LogP contribution is -2.35. The summed E-state index contributed by atoms with van der Waals surface area (Å²) >= 11 is 0. The van der Waals surface area contributed by atoms with Crippen LogP contribution >= 0.6 is 0 Å². The molecule has 0 aromatic carbocycles. The lowest BCUT2D eigenvalue weighted by molar-refractivity contribution is 0.480. The van der Waals surface area contributed by atoms with Gasteiger partial charge in [0.1, 0.15) is 0 Å². The number of nitrogens with zero attached hydrogens (tertiary/aromatic N) is 8. The van der Waals surface area contributed by atoms with Crippen LogP contribution in [0.4, 0.5) is 0 Å². The molecule has 120 valence electrons. The zero-order valence-corrected chi connectivity index (χ0v) is 14.7. The van der Waals surface area contributed by atoms with Crippen molar-refractivity contribution in [3.8, 4) is 0 Å². The molecule has 0 aliphatic carbocycles. The number of rotatable bonds is 3. The van der Waals surface area contributed by atoms with Crippen LogP contribution in [0.25, 0.3) is 0 Å². The Morgan fingerprint density at radius 3 is 1.38 bits per heavy atom.